The monoisotopic (exact) mass is 365 g/mol. The van der Waals surface area contributed by atoms with Gasteiger partial charge in [-0.2, -0.15) is 0 Å². The number of halogens is 1. The van der Waals surface area contributed by atoms with Crippen LogP contribution in [0.4, 0.5) is 5.69 Å². The fourth-order valence-electron chi connectivity index (χ4n) is 1.82. The highest BCUT2D eigenvalue weighted by atomic mass is 79.9. The van der Waals surface area contributed by atoms with Gasteiger partial charge in [-0.3, -0.25) is 4.79 Å². The van der Waals surface area contributed by atoms with E-state index in [1.165, 1.54) is 17.8 Å². The third-order valence-electron chi connectivity index (χ3n) is 2.81. The van der Waals surface area contributed by atoms with Crippen LogP contribution in [0.25, 0.3) is 0 Å². The van der Waals surface area contributed by atoms with Crippen LogP contribution in [0, 0.1) is 0 Å². The summed E-state index contributed by atoms with van der Waals surface area (Å²) in [6, 6.07) is 11.9. The topological polar surface area (TPSA) is 66.4 Å². The molecule has 0 heterocycles. The van der Waals surface area contributed by atoms with Crippen molar-refractivity contribution in [1.82, 2.24) is 0 Å². The molecule has 0 fully saturated rings. The number of carboxylic acid groups (broad SMARTS) is 1. The van der Waals surface area contributed by atoms with Crippen molar-refractivity contribution < 1.29 is 14.7 Å². The Labute approximate surface area is 134 Å². The van der Waals surface area contributed by atoms with E-state index >= 15 is 0 Å². The van der Waals surface area contributed by atoms with Crippen LogP contribution in [0.1, 0.15) is 20.7 Å². The smallest absolute Gasteiger partial charge is 0.337 e. The third kappa shape index (κ3) is 3.65. The van der Waals surface area contributed by atoms with Crippen LogP contribution < -0.4 is 5.32 Å². The number of hydrogen-bond donors (Lipinski definition) is 2. The Morgan fingerprint density at radius 1 is 1.14 bits per heavy atom. The maximum atomic E-state index is 12.3. The third-order valence-corrected chi connectivity index (χ3v) is 4.10. The van der Waals surface area contributed by atoms with Gasteiger partial charge in [0.25, 0.3) is 5.91 Å². The van der Waals surface area contributed by atoms with E-state index in [1.54, 1.807) is 24.3 Å². The van der Waals surface area contributed by atoms with Crippen LogP contribution in [0.15, 0.2) is 51.8 Å². The van der Waals surface area contributed by atoms with Gasteiger partial charge in [0.15, 0.2) is 0 Å². The summed E-state index contributed by atoms with van der Waals surface area (Å²) in [7, 11) is 0. The second-order valence-corrected chi connectivity index (χ2v) is 5.91. The van der Waals surface area contributed by atoms with Crippen molar-refractivity contribution in [3.63, 3.8) is 0 Å². The van der Waals surface area contributed by atoms with E-state index < -0.39 is 5.97 Å². The number of rotatable bonds is 4. The van der Waals surface area contributed by atoms with Gasteiger partial charge < -0.3 is 10.4 Å². The van der Waals surface area contributed by atoms with Crippen molar-refractivity contribution in [2.24, 2.45) is 0 Å². The molecular formula is C15H12BrNO3S. The van der Waals surface area contributed by atoms with Crippen LogP contribution in [-0.2, 0) is 0 Å². The zero-order chi connectivity index (χ0) is 15.4. The van der Waals surface area contributed by atoms with Crippen molar-refractivity contribution in [1.29, 1.82) is 0 Å². The Balaban J connectivity index is 2.34. The predicted molar refractivity (Wildman–Crippen MR) is 87.3 cm³/mol. The number of thioether (sulfide) groups is 1. The van der Waals surface area contributed by atoms with Crippen LogP contribution in [-0.4, -0.2) is 23.2 Å². The number of aromatic carboxylic acids is 1. The Bertz CT molecular complexity index is 703. The zero-order valence-electron chi connectivity index (χ0n) is 11.1. The van der Waals surface area contributed by atoms with E-state index in [4.69, 9.17) is 0 Å². The molecule has 2 rings (SSSR count). The molecule has 2 aromatic rings. The van der Waals surface area contributed by atoms with Crippen LogP contribution in [0.5, 0.6) is 0 Å². The maximum absolute atomic E-state index is 12.3. The number of hydrogen-bond acceptors (Lipinski definition) is 3. The molecule has 0 saturated heterocycles. The summed E-state index contributed by atoms with van der Waals surface area (Å²) in [5, 5.41) is 11.9. The Kier molecular flexibility index (Phi) is 5.03. The van der Waals surface area contributed by atoms with Gasteiger partial charge in [0.1, 0.15) is 0 Å². The molecule has 21 heavy (non-hydrogen) atoms. The lowest BCUT2D eigenvalue weighted by Crippen LogP contribution is -2.15. The number of anilines is 1. The molecule has 0 unspecified atom stereocenters. The Hall–Kier alpha value is -1.79. The SMILES string of the molecule is CSc1ccccc1C(=O)Nc1ccc(Br)cc1C(=O)O. The van der Waals surface area contributed by atoms with E-state index in [1.807, 2.05) is 18.4 Å². The summed E-state index contributed by atoms with van der Waals surface area (Å²) in [6.07, 6.45) is 1.88. The standard InChI is InChI=1S/C15H12BrNO3S/c1-21-13-5-3-2-4-10(13)14(18)17-12-7-6-9(16)8-11(12)15(19)20/h2-8H,1H3,(H,17,18)(H,19,20). The minimum absolute atomic E-state index is 0.0411. The van der Waals surface area contributed by atoms with Crippen molar-refractivity contribution >= 4 is 45.3 Å². The van der Waals surface area contributed by atoms with Crippen LogP contribution >= 0.6 is 27.7 Å². The summed E-state index contributed by atoms with van der Waals surface area (Å²) in [4.78, 5) is 24.4. The summed E-state index contributed by atoms with van der Waals surface area (Å²) < 4.78 is 0.641. The predicted octanol–water partition coefficient (Wildman–Crippen LogP) is 4.12. The number of benzene rings is 2. The van der Waals surface area contributed by atoms with E-state index in [2.05, 4.69) is 21.2 Å². The average molecular weight is 366 g/mol. The highest BCUT2D eigenvalue weighted by Gasteiger charge is 2.15. The van der Waals surface area contributed by atoms with Gasteiger partial charge in [-0.05, 0) is 36.6 Å². The van der Waals surface area contributed by atoms with E-state index in [9.17, 15) is 14.7 Å². The van der Waals surface area contributed by atoms with Gasteiger partial charge in [0.2, 0.25) is 0 Å². The second-order valence-electron chi connectivity index (χ2n) is 4.15. The summed E-state index contributed by atoms with van der Waals surface area (Å²) in [5.41, 5.74) is 0.829. The normalized spacial score (nSPS) is 10.2. The van der Waals surface area contributed by atoms with E-state index in [-0.39, 0.29) is 17.2 Å². The van der Waals surface area contributed by atoms with E-state index in [0.717, 1.165) is 4.90 Å². The largest absolute Gasteiger partial charge is 0.478 e. The molecule has 0 spiro atoms. The minimum Gasteiger partial charge on any atom is -0.478 e. The van der Waals surface area contributed by atoms with Crippen molar-refractivity contribution in [3.8, 4) is 0 Å². The van der Waals surface area contributed by atoms with Crippen molar-refractivity contribution in [2.75, 3.05) is 11.6 Å². The Morgan fingerprint density at radius 2 is 1.86 bits per heavy atom. The molecule has 0 bridgehead atoms. The van der Waals surface area contributed by atoms with Gasteiger partial charge in [0.05, 0.1) is 16.8 Å². The molecule has 0 radical (unpaired) electrons. The van der Waals surface area contributed by atoms with Crippen LogP contribution in [0.2, 0.25) is 0 Å². The summed E-state index contributed by atoms with van der Waals surface area (Å²) >= 11 is 4.68. The molecule has 0 aromatic heterocycles. The quantitative estimate of drug-likeness (QED) is 0.799. The first-order valence-corrected chi connectivity index (χ1v) is 8.02. The Morgan fingerprint density at radius 3 is 2.52 bits per heavy atom. The molecular weight excluding hydrogens is 354 g/mol. The highest BCUT2D eigenvalue weighted by molar-refractivity contribution is 9.10. The van der Waals surface area contributed by atoms with Crippen molar-refractivity contribution in [2.45, 2.75) is 4.90 Å². The number of carboxylic acids is 1. The number of carbonyl (C=O) groups excluding carboxylic acids is 1. The summed E-state index contributed by atoms with van der Waals surface area (Å²) in [6.45, 7) is 0. The molecule has 0 aliphatic carbocycles. The van der Waals surface area contributed by atoms with Gasteiger partial charge >= 0.3 is 5.97 Å². The van der Waals surface area contributed by atoms with Gasteiger partial charge in [-0.25, -0.2) is 4.79 Å². The molecule has 0 aliphatic rings. The van der Waals surface area contributed by atoms with Gasteiger partial charge in [0, 0.05) is 9.37 Å². The first-order valence-electron chi connectivity index (χ1n) is 6.00. The lowest BCUT2D eigenvalue weighted by molar-refractivity contribution is 0.0698. The number of carbonyl (C=O) groups is 2. The number of nitrogens with one attached hydrogen (secondary N) is 1. The lowest BCUT2D eigenvalue weighted by atomic mass is 10.1. The molecule has 0 saturated carbocycles. The molecule has 4 nitrogen and oxygen atoms in total. The van der Waals surface area contributed by atoms with Crippen molar-refractivity contribution in [3.05, 3.63) is 58.1 Å². The van der Waals surface area contributed by atoms with E-state index in [0.29, 0.717) is 10.0 Å². The molecule has 2 aromatic carbocycles. The summed E-state index contributed by atoms with van der Waals surface area (Å²) in [5.74, 6) is -1.42. The number of amides is 1. The first kappa shape index (κ1) is 15.6. The minimum atomic E-state index is -1.09. The van der Waals surface area contributed by atoms with Crippen LogP contribution in [0.3, 0.4) is 0 Å². The molecule has 0 atom stereocenters. The maximum Gasteiger partial charge on any atom is 0.337 e. The molecule has 108 valence electrons. The average Bonchev–Trinajstić information content (AvgIpc) is 2.48. The van der Waals surface area contributed by atoms with Gasteiger partial charge in [-0.1, -0.05) is 28.1 Å². The molecule has 0 aliphatic heterocycles. The molecule has 2 N–H and O–H groups in total. The lowest BCUT2D eigenvalue weighted by Gasteiger charge is -2.11. The highest BCUT2D eigenvalue weighted by Crippen LogP contribution is 2.24. The molecule has 6 heteroatoms. The first-order chi connectivity index (χ1) is 10.0. The fourth-order valence-corrected chi connectivity index (χ4v) is 2.78. The van der Waals surface area contributed by atoms with Gasteiger partial charge in [-0.15, -0.1) is 11.8 Å². The fraction of sp³-hybridized carbons (Fsp3) is 0.0667. The second kappa shape index (κ2) is 6.78. The zero-order valence-corrected chi connectivity index (χ0v) is 13.5. The molecule has 1 amide bonds.